The minimum absolute atomic E-state index is 0.211. The van der Waals surface area contributed by atoms with Crippen LogP contribution in [-0.2, 0) is 11.3 Å². The standard InChI is InChI=1S/C15H20N2O4/c1-15(8-9-17(11-15)13(18)19)16(2)14(20)21-10-12-6-4-3-5-7-12/h3-7H,8-11H2,1-2H3,(H,18,19). The summed E-state index contributed by atoms with van der Waals surface area (Å²) in [6.45, 7) is 2.82. The highest BCUT2D eigenvalue weighted by molar-refractivity contribution is 5.69. The molecule has 114 valence electrons. The SMILES string of the molecule is CN(C(=O)OCc1ccccc1)C1(C)CCN(C(=O)O)C1. The van der Waals surface area contributed by atoms with Gasteiger partial charge in [0.25, 0.3) is 0 Å². The predicted molar refractivity (Wildman–Crippen MR) is 77.0 cm³/mol. The number of carboxylic acid groups (broad SMARTS) is 1. The number of carbonyl (C=O) groups is 2. The quantitative estimate of drug-likeness (QED) is 0.928. The zero-order valence-electron chi connectivity index (χ0n) is 12.3. The number of hydrogen-bond acceptors (Lipinski definition) is 3. The molecule has 0 bridgehead atoms. The van der Waals surface area contributed by atoms with Crippen LogP contribution in [0.2, 0.25) is 0 Å². The smallest absolute Gasteiger partial charge is 0.410 e. The van der Waals surface area contributed by atoms with Gasteiger partial charge in [-0.3, -0.25) is 0 Å². The third kappa shape index (κ3) is 3.45. The van der Waals surface area contributed by atoms with Crippen molar-refractivity contribution in [2.75, 3.05) is 20.1 Å². The first-order valence-electron chi connectivity index (χ1n) is 6.85. The highest BCUT2D eigenvalue weighted by atomic mass is 16.6. The van der Waals surface area contributed by atoms with Crippen molar-refractivity contribution < 1.29 is 19.4 Å². The third-order valence-electron chi connectivity index (χ3n) is 4.01. The lowest BCUT2D eigenvalue weighted by Crippen LogP contribution is -2.49. The Morgan fingerprint density at radius 1 is 1.38 bits per heavy atom. The molecule has 0 saturated carbocycles. The second-order valence-electron chi connectivity index (χ2n) is 5.55. The van der Waals surface area contributed by atoms with Gasteiger partial charge in [0.1, 0.15) is 6.61 Å². The molecule has 6 nitrogen and oxygen atoms in total. The molecule has 1 aromatic carbocycles. The molecular formula is C15H20N2O4. The molecule has 1 N–H and O–H groups in total. The summed E-state index contributed by atoms with van der Waals surface area (Å²) in [6, 6.07) is 9.44. The lowest BCUT2D eigenvalue weighted by molar-refractivity contribution is 0.0664. The average molecular weight is 292 g/mol. The largest absolute Gasteiger partial charge is 0.465 e. The van der Waals surface area contributed by atoms with Crippen LogP contribution in [0.1, 0.15) is 18.9 Å². The van der Waals surface area contributed by atoms with Gasteiger partial charge in [-0.05, 0) is 18.9 Å². The molecule has 1 aliphatic heterocycles. The number of hydrogen-bond donors (Lipinski definition) is 1. The van der Waals surface area contributed by atoms with E-state index >= 15 is 0 Å². The fourth-order valence-corrected chi connectivity index (χ4v) is 2.42. The van der Waals surface area contributed by atoms with Gasteiger partial charge in [-0.25, -0.2) is 9.59 Å². The van der Waals surface area contributed by atoms with E-state index < -0.39 is 17.7 Å². The maximum absolute atomic E-state index is 12.1. The average Bonchev–Trinajstić information content (AvgIpc) is 2.89. The fraction of sp³-hybridized carbons (Fsp3) is 0.467. The van der Waals surface area contributed by atoms with Crippen molar-refractivity contribution >= 4 is 12.2 Å². The summed E-state index contributed by atoms with van der Waals surface area (Å²) in [5, 5.41) is 9.01. The molecule has 1 unspecified atom stereocenters. The molecule has 6 heteroatoms. The number of nitrogens with zero attached hydrogens (tertiary/aromatic N) is 2. The Hall–Kier alpha value is -2.24. The first-order chi connectivity index (χ1) is 9.92. The molecule has 0 radical (unpaired) electrons. The molecule has 2 amide bonds. The van der Waals surface area contributed by atoms with Crippen molar-refractivity contribution in [3.05, 3.63) is 35.9 Å². The van der Waals surface area contributed by atoms with Crippen molar-refractivity contribution in [1.29, 1.82) is 0 Å². The van der Waals surface area contributed by atoms with Crippen LogP contribution < -0.4 is 0 Å². The van der Waals surface area contributed by atoms with Crippen LogP contribution in [0.15, 0.2) is 30.3 Å². The van der Waals surface area contributed by atoms with E-state index in [4.69, 9.17) is 9.84 Å². The Bertz CT molecular complexity index is 520. The van der Waals surface area contributed by atoms with Gasteiger partial charge >= 0.3 is 12.2 Å². The zero-order valence-corrected chi connectivity index (χ0v) is 12.3. The minimum atomic E-state index is -0.954. The van der Waals surface area contributed by atoms with Crippen LogP contribution in [0.5, 0.6) is 0 Å². The van der Waals surface area contributed by atoms with Gasteiger partial charge in [0, 0.05) is 20.1 Å². The number of rotatable bonds is 3. The molecule has 2 rings (SSSR count). The summed E-state index contributed by atoms with van der Waals surface area (Å²) in [7, 11) is 1.65. The second-order valence-corrected chi connectivity index (χ2v) is 5.55. The van der Waals surface area contributed by atoms with E-state index in [-0.39, 0.29) is 6.61 Å². The van der Waals surface area contributed by atoms with E-state index in [1.807, 2.05) is 37.3 Å². The molecule has 0 spiro atoms. The first-order valence-corrected chi connectivity index (χ1v) is 6.85. The molecular weight excluding hydrogens is 272 g/mol. The van der Waals surface area contributed by atoms with E-state index in [9.17, 15) is 9.59 Å². The summed E-state index contributed by atoms with van der Waals surface area (Å²) >= 11 is 0. The van der Waals surface area contributed by atoms with Crippen LogP contribution in [0.25, 0.3) is 0 Å². The number of likely N-dealkylation sites (N-methyl/N-ethyl adjacent to an activating group) is 1. The Balaban J connectivity index is 1.92. The van der Waals surface area contributed by atoms with Crippen molar-refractivity contribution in [3.8, 4) is 0 Å². The summed E-state index contributed by atoms with van der Waals surface area (Å²) in [4.78, 5) is 25.9. The van der Waals surface area contributed by atoms with Gasteiger partial charge in [-0.2, -0.15) is 0 Å². The summed E-state index contributed by atoms with van der Waals surface area (Å²) in [5.41, 5.74) is 0.398. The van der Waals surface area contributed by atoms with Gasteiger partial charge in [0.05, 0.1) is 5.54 Å². The van der Waals surface area contributed by atoms with Crippen LogP contribution >= 0.6 is 0 Å². The minimum Gasteiger partial charge on any atom is -0.465 e. The van der Waals surface area contributed by atoms with E-state index in [1.54, 1.807) is 7.05 Å². The Morgan fingerprint density at radius 2 is 2.05 bits per heavy atom. The van der Waals surface area contributed by atoms with Crippen molar-refractivity contribution in [2.24, 2.45) is 0 Å². The molecule has 1 aliphatic rings. The fourth-order valence-electron chi connectivity index (χ4n) is 2.42. The Morgan fingerprint density at radius 3 is 2.62 bits per heavy atom. The van der Waals surface area contributed by atoms with Crippen molar-refractivity contribution in [2.45, 2.75) is 25.5 Å². The van der Waals surface area contributed by atoms with Crippen LogP contribution in [0.3, 0.4) is 0 Å². The Labute approximate surface area is 123 Å². The normalized spacial score (nSPS) is 21.1. The number of carbonyl (C=O) groups excluding carboxylic acids is 1. The van der Waals surface area contributed by atoms with Gasteiger partial charge in [-0.15, -0.1) is 0 Å². The highest BCUT2D eigenvalue weighted by Crippen LogP contribution is 2.27. The van der Waals surface area contributed by atoms with Crippen LogP contribution in [0.4, 0.5) is 9.59 Å². The maximum atomic E-state index is 12.1. The summed E-state index contributed by atoms with van der Waals surface area (Å²) in [5.74, 6) is 0. The van der Waals surface area contributed by atoms with E-state index in [0.29, 0.717) is 19.5 Å². The number of benzene rings is 1. The summed E-state index contributed by atoms with van der Waals surface area (Å²) in [6.07, 6.45) is -0.783. The van der Waals surface area contributed by atoms with E-state index in [0.717, 1.165) is 5.56 Å². The summed E-state index contributed by atoms with van der Waals surface area (Å²) < 4.78 is 5.28. The van der Waals surface area contributed by atoms with Gasteiger partial charge in [0.15, 0.2) is 0 Å². The van der Waals surface area contributed by atoms with Crippen LogP contribution in [0, 0.1) is 0 Å². The lowest BCUT2D eigenvalue weighted by Gasteiger charge is -2.34. The monoisotopic (exact) mass is 292 g/mol. The highest BCUT2D eigenvalue weighted by Gasteiger charge is 2.41. The third-order valence-corrected chi connectivity index (χ3v) is 4.01. The lowest BCUT2D eigenvalue weighted by atomic mass is 10.0. The molecule has 1 saturated heterocycles. The molecule has 0 aromatic heterocycles. The van der Waals surface area contributed by atoms with E-state index in [2.05, 4.69) is 0 Å². The van der Waals surface area contributed by atoms with Crippen molar-refractivity contribution in [3.63, 3.8) is 0 Å². The molecule has 0 aliphatic carbocycles. The number of amides is 2. The van der Waals surface area contributed by atoms with Gasteiger partial charge in [0.2, 0.25) is 0 Å². The molecule has 1 aromatic rings. The zero-order chi connectivity index (χ0) is 15.5. The van der Waals surface area contributed by atoms with Gasteiger partial charge in [-0.1, -0.05) is 30.3 Å². The number of likely N-dealkylation sites (tertiary alicyclic amines) is 1. The molecule has 21 heavy (non-hydrogen) atoms. The molecule has 1 atom stereocenters. The predicted octanol–water partition coefficient (Wildman–Crippen LogP) is 2.40. The molecule has 1 heterocycles. The second kappa shape index (κ2) is 6.03. The Kier molecular flexibility index (Phi) is 4.35. The topological polar surface area (TPSA) is 70.1 Å². The molecule has 1 fully saturated rings. The van der Waals surface area contributed by atoms with Crippen LogP contribution in [-0.4, -0.2) is 52.8 Å². The van der Waals surface area contributed by atoms with Crippen molar-refractivity contribution in [1.82, 2.24) is 9.80 Å². The van der Waals surface area contributed by atoms with E-state index in [1.165, 1.54) is 9.80 Å². The maximum Gasteiger partial charge on any atom is 0.410 e. The van der Waals surface area contributed by atoms with Gasteiger partial charge < -0.3 is 19.6 Å². The first kappa shape index (κ1) is 15.2. The number of ether oxygens (including phenoxy) is 1.